The van der Waals surface area contributed by atoms with Crippen LogP contribution in [0.25, 0.3) is 0 Å². The summed E-state index contributed by atoms with van der Waals surface area (Å²) in [6.45, 7) is 0.852. The van der Waals surface area contributed by atoms with E-state index in [0.717, 1.165) is 6.42 Å². The molecule has 2 heterocycles. The maximum Gasteiger partial charge on any atom is 0.248 e. The lowest BCUT2D eigenvalue weighted by Gasteiger charge is -2.37. The molecule has 0 aromatic heterocycles. The first-order chi connectivity index (χ1) is 19.9. The van der Waals surface area contributed by atoms with Crippen molar-refractivity contribution in [1.29, 1.82) is 0 Å². The average Bonchev–Trinajstić information content (AvgIpc) is 3.06. The summed E-state index contributed by atoms with van der Waals surface area (Å²) in [4.78, 5) is 13.5. The second-order valence-electron chi connectivity index (χ2n) is 11.9. The number of sulfonamides is 1. The number of piperazine rings is 1. The van der Waals surface area contributed by atoms with E-state index >= 15 is 4.39 Å². The van der Waals surface area contributed by atoms with Crippen molar-refractivity contribution in [2.45, 2.75) is 81.3 Å². The van der Waals surface area contributed by atoms with Gasteiger partial charge in [-0.3, -0.25) is 4.79 Å². The van der Waals surface area contributed by atoms with Gasteiger partial charge in [-0.15, -0.1) is 0 Å². The number of nitrogens with one attached hydrogen (secondary N) is 2. The number of rotatable bonds is 8. The summed E-state index contributed by atoms with van der Waals surface area (Å²) in [5, 5.41) is 6.15. The monoisotopic (exact) mass is 610 g/mol. The molecule has 1 amide bonds. The van der Waals surface area contributed by atoms with Gasteiger partial charge >= 0.3 is 0 Å². The standard InChI is InChI=1S/C30H38F4N4O3S/c31-21-8-6-19(7-9-21)27(20-12-14-30(33,34)15-13-20)28(35)29(39)37-26-5-1-4-25(32)24(26)11-10-23-17-36-22-3-2-16-42(40,41)38(23)18-22/h1,4-9,20,22-23,27-28,36H,2-3,10-18,35H2,(H,37,39). The van der Waals surface area contributed by atoms with Crippen molar-refractivity contribution in [3.05, 3.63) is 65.2 Å². The van der Waals surface area contributed by atoms with E-state index in [4.69, 9.17) is 5.73 Å². The van der Waals surface area contributed by atoms with Crippen LogP contribution in [0.4, 0.5) is 23.2 Å². The van der Waals surface area contributed by atoms with Crippen molar-refractivity contribution in [1.82, 2.24) is 9.62 Å². The lowest BCUT2D eigenvalue weighted by atomic mass is 9.72. The molecule has 4 N–H and O–H groups in total. The van der Waals surface area contributed by atoms with E-state index in [-0.39, 0.29) is 67.1 Å². The van der Waals surface area contributed by atoms with Crippen LogP contribution in [0.1, 0.15) is 62.0 Å². The van der Waals surface area contributed by atoms with Gasteiger partial charge in [0, 0.05) is 55.2 Å². The predicted octanol–water partition coefficient (Wildman–Crippen LogP) is 4.54. The van der Waals surface area contributed by atoms with Crippen molar-refractivity contribution >= 4 is 21.6 Å². The Morgan fingerprint density at radius 3 is 2.52 bits per heavy atom. The molecule has 2 bridgehead atoms. The van der Waals surface area contributed by atoms with E-state index in [1.54, 1.807) is 6.07 Å². The Hall–Kier alpha value is -2.54. The van der Waals surface area contributed by atoms with Gasteiger partial charge in [0.2, 0.25) is 21.9 Å². The van der Waals surface area contributed by atoms with E-state index in [0.29, 0.717) is 31.5 Å². The number of hydrogen-bond donors (Lipinski definition) is 3. The van der Waals surface area contributed by atoms with E-state index < -0.39 is 45.4 Å². The van der Waals surface area contributed by atoms with Crippen LogP contribution < -0.4 is 16.4 Å². The Morgan fingerprint density at radius 1 is 1.10 bits per heavy atom. The van der Waals surface area contributed by atoms with E-state index in [9.17, 15) is 26.4 Å². The van der Waals surface area contributed by atoms with Gasteiger partial charge in [-0.05, 0) is 74.3 Å². The van der Waals surface area contributed by atoms with Crippen LogP contribution in [0.2, 0.25) is 0 Å². The Bertz CT molecular complexity index is 1370. The summed E-state index contributed by atoms with van der Waals surface area (Å²) in [7, 11) is -3.41. The summed E-state index contributed by atoms with van der Waals surface area (Å²) in [6, 6.07) is 8.46. The Labute approximate surface area is 244 Å². The normalized spacial score (nSPS) is 27.0. The number of amides is 1. The van der Waals surface area contributed by atoms with Crippen molar-refractivity contribution in [3.8, 4) is 0 Å². The smallest absolute Gasteiger partial charge is 0.248 e. The number of benzene rings is 2. The molecule has 230 valence electrons. The maximum atomic E-state index is 15.1. The molecular formula is C30H38F4N4O3S. The fourth-order valence-electron chi connectivity index (χ4n) is 6.74. The van der Waals surface area contributed by atoms with Crippen molar-refractivity contribution < 1.29 is 30.8 Å². The summed E-state index contributed by atoms with van der Waals surface area (Å²) >= 11 is 0. The number of carbonyl (C=O) groups is 1. The van der Waals surface area contributed by atoms with Gasteiger partial charge < -0.3 is 16.4 Å². The van der Waals surface area contributed by atoms with Gasteiger partial charge in [0.15, 0.2) is 0 Å². The highest BCUT2D eigenvalue weighted by molar-refractivity contribution is 7.89. The van der Waals surface area contributed by atoms with E-state index in [1.165, 1.54) is 40.7 Å². The van der Waals surface area contributed by atoms with Crippen LogP contribution in [0.15, 0.2) is 42.5 Å². The summed E-state index contributed by atoms with van der Waals surface area (Å²) in [6.07, 6.45) is 1.60. The fourth-order valence-corrected chi connectivity index (χ4v) is 8.55. The van der Waals surface area contributed by atoms with Gasteiger partial charge in [0.05, 0.1) is 11.8 Å². The highest BCUT2D eigenvalue weighted by Gasteiger charge is 2.42. The van der Waals surface area contributed by atoms with E-state index in [1.807, 2.05) is 0 Å². The van der Waals surface area contributed by atoms with Gasteiger partial charge in [-0.25, -0.2) is 26.0 Å². The molecular weight excluding hydrogens is 572 g/mol. The van der Waals surface area contributed by atoms with Crippen LogP contribution in [0.3, 0.4) is 0 Å². The van der Waals surface area contributed by atoms with Gasteiger partial charge in [0.1, 0.15) is 11.6 Å². The lowest BCUT2D eigenvalue weighted by molar-refractivity contribution is -0.118. The van der Waals surface area contributed by atoms with E-state index in [2.05, 4.69) is 10.6 Å². The van der Waals surface area contributed by atoms with Crippen LogP contribution in [0, 0.1) is 17.6 Å². The molecule has 5 atom stereocenters. The zero-order valence-corrected chi connectivity index (χ0v) is 24.2. The molecule has 1 saturated carbocycles. The minimum absolute atomic E-state index is 0.0917. The summed E-state index contributed by atoms with van der Waals surface area (Å²) < 4.78 is 83.9. The zero-order valence-electron chi connectivity index (χ0n) is 23.4. The second-order valence-corrected chi connectivity index (χ2v) is 13.9. The molecule has 2 aliphatic heterocycles. The minimum atomic E-state index is -3.41. The first kappa shape index (κ1) is 30.9. The summed E-state index contributed by atoms with van der Waals surface area (Å²) in [5.74, 6) is -5.25. The van der Waals surface area contributed by atoms with Crippen LogP contribution >= 0.6 is 0 Å². The molecule has 3 aliphatic rings. The highest BCUT2D eigenvalue weighted by atomic mass is 32.2. The molecule has 12 heteroatoms. The van der Waals surface area contributed by atoms with Crippen LogP contribution in [-0.4, -0.2) is 61.5 Å². The molecule has 5 unspecified atom stereocenters. The summed E-state index contributed by atoms with van der Waals surface area (Å²) in [5.41, 5.74) is 7.53. The molecule has 2 aromatic rings. The largest absolute Gasteiger partial charge is 0.324 e. The minimum Gasteiger partial charge on any atom is -0.324 e. The Morgan fingerprint density at radius 2 is 1.81 bits per heavy atom. The molecule has 2 aromatic carbocycles. The predicted molar refractivity (Wildman–Crippen MR) is 153 cm³/mol. The molecule has 5 rings (SSSR count). The van der Waals surface area contributed by atoms with Crippen molar-refractivity contribution in [2.75, 3.05) is 24.2 Å². The number of carbonyl (C=O) groups excluding carboxylic acids is 1. The Kier molecular flexibility index (Phi) is 9.27. The topological polar surface area (TPSA) is 105 Å². The van der Waals surface area contributed by atoms with Crippen molar-refractivity contribution in [2.24, 2.45) is 11.7 Å². The van der Waals surface area contributed by atoms with Gasteiger partial charge in [0.25, 0.3) is 0 Å². The molecule has 3 fully saturated rings. The number of anilines is 1. The third kappa shape index (κ3) is 6.98. The number of hydrogen-bond acceptors (Lipinski definition) is 5. The zero-order chi connectivity index (χ0) is 30.1. The molecule has 1 aliphatic carbocycles. The van der Waals surface area contributed by atoms with Gasteiger partial charge in [-0.2, -0.15) is 4.31 Å². The highest BCUT2D eigenvalue weighted by Crippen LogP contribution is 2.43. The fraction of sp³-hybridized carbons (Fsp3) is 0.567. The third-order valence-electron chi connectivity index (χ3n) is 9.08. The lowest BCUT2D eigenvalue weighted by Crippen LogP contribution is -2.57. The molecule has 0 radical (unpaired) electrons. The SMILES string of the molecule is NC(C(=O)Nc1cccc(F)c1CCC1CNC2CCCS(=O)(=O)N1C2)C(c1ccc(F)cc1)C1CCC(F)(F)CC1. The van der Waals surface area contributed by atoms with Gasteiger partial charge in [-0.1, -0.05) is 18.2 Å². The second kappa shape index (κ2) is 12.6. The number of halogens is 4. The maximum absolute atomic E-state index is 15.1. The molecule has 2 saturated heterocycles. The molecule has 7 nitrogen and oxygen atoms in total. The quantitative estimate of drug-likeness (QED) is 0.381. The first-order valence-electron chi connectivity index (χ1n) is 14.6. The Balaban J connectivity index is 1.33. The number of nitrogens with two attached hydrogens (primary N) is 1. The molecule has 0 spiro atoms. The number of fused-ring (bicyclic) bond motifs is 2. The van der Waals surface area contributed by atoms with Crippen LogP contribution in [-0.2, 0) is 21.2 Å². The third-order valence-corrected chi connectivity index (χ3v) is 11.0. The average molecular weight is 611 g/mol. The first-order valence-corrected chi connectivity index (χ1v) is 16.2. The molecule has 42 heavy (non-hydrogen) atoms. The van der Waals surface area contributed by atoms with Crippen LogP contribution in [0.5, 0.6) is 0 Å². The number of alkyl halides is 2. The van der Waals surface area contributed by atoms with Crippen molar-refractivity contribution in [3.63, 3.8) is 0 Å². The number of nitrogens with zero attached hydrogens (tertiary/aromatic N) is 1.